The van der Waals surface area contributed by atoms with Crippen molar-refractivity contribution in [2.75, 3.05) is 0 Å². The number of aromatic nitrogens is 4. The summed E-state index contributed by atoms with van der Waals surface area (Å²) < 4.78 is 1.74. The van der Waals surface area contributed by atoms with Gasteiger partial charge in [-0.05, 0) is 19.9 Å². The Morgan fingerprint density at radius 3 is 2.61 bits per heavy atom. The van der Waals surface area contributed by atoms with Crippen LogP contribution in [0.5, 0.6) is 0 Å². The smallest absolute Gasteiger partial charge is 0.307 e. The normalized spacial score (nSPS) is 10.6. The van der Waals surface area contributed by atoms with Gasteiger partial charge in [-0.3, -0.25) is 9.48 Å². The van der Waals surface area contributed by atoms with Crippen LogP contribution in [-0.2, 0) is 17.8 Å². The lowest BCUT2D eigenvalue weighted by Gasteiger charge is -2.03. The molecule has 0 amide bonds. The number of rotatable bonds is 4. The van der Waals surface area contributed by atoms with Crippen LogP contribution in [0.25, 0.3) is 0 Å². The van der Waals surface area contributed by atoms with Gasteiger partial charge in [0, 0.05) is 23.7 Å². The zero-order valence-corrected chi connectivity index (χ0v) is 10.3. The first kappa shape index (κ1) is 12.2. The average Bonchev–Trinajstić information content (AvgIpc) is 2.58. The molecule has 0 fully saturated rings. The molecule has 0 bridgehead atoms. The maximum absolute atomic E-state index is 10.8. The van der Waals surface area contributed by atoms with Gasteiger partial charge in [0.2, 0.25) is 0 Å². The van der Waals surface area contributed by atoms with Gasteiger partial charge in [-0.25, -0.2) is 9.97 Å². The molecule has 2 heterocycles. The highest BCUT2D eigenvalue weighted by atomic mass is 16.4. The lowest BCUT2D eigenvalue weighted by molar-refractivity contribution is -0.136. The molecule has 0 spiro atoms. The maximum Gasteiger partial charge on any atom is 0.307 e. The molecule has 0 saturated carbocycles. The van der Waals surface area contributed by atoms with Crippen LogP contribution in [0.1, 0.15) is 22.8 Å². The van der Waals surface area contributed by atoms with Crippen molar-refractivity contribution >= 4 is 5.97 Å². The first-order valence-electron chi connectivity index (χ1n) is 5.58. The van der Waals surface area contributed by atoms with Crippen LogP contribution < -0.4 is 0 Å². The van der Waals surface area contributed by atoms with E-state index in [1.54, 1.807) is 23.1 Å². The van der Waals surface area contributed by atoms with Crippen molar-refractivity contribution in [2.45, 2.75) is 26.8 Å². The van der Waals surface area contributed by atoms with Crippen LogP contribution in [0.3, 0.4) is 0 Å². The number of carboxylic acid groups (broad SMARTS) is 1. The molecule has 18 heavy (non-hydrogen) atoms. The Bertz CT molecular complexity index is 563. The summed E-state index contributed by atoms with van der Waals surface area (Å²) in [5.74, 6) is -0.193. The van der Waals surface area contributed by atoms with Crippen LogP contribution >= 0.6 is 0 Å². The van der Waals surface area contributed by atoms with Gasteiger partial charge in [0.25, 0.3) is 0 Å². The quantitative estimate of drug-likeness (QED) is 0.869. The van der Waals surface area contributed by atoms with Crippen LogP contribution in [-0.4, -0.2) is 30.8 Å². The van der Waals surface area contributed by atoms with Gasteiger partial charge < -0.3 is 5.11 Å². The Kier molecular flexibility index (Phi) is 3.36. The van der Waals surface area contributed by atoms with E-state index in [0.29, 0.717) is 12.4 Å². The van der Waals surface area contributed by atoms with E-state index in [2.05, 4.69) is 15.1 Å². The Morgan fingerprint density at radius 2 is 2.00 bits per heavy atom. The third kappa shape index (κ3) is 2.53. The predicted molar refractivity (Wildman–Crippen MR) is 64.2 cm³/mol. The van der Waals surface area contributed by atoms with Crippen molar-refractivity contribution in [3.8, 4) is 0 Å². The first-order chi connectivity index (χ1) is 8.58. The molecular formula is C12H14N4O2. The van der Waals surface area contributed by atoms with E-state index in [4.69, 9.17) is 5.11 Å². The fraction of sp³-hybridized carbons (Fsp3) is 0.333. The highest BCUT2D eigenvalue weighted by molar-refractivity contribution is 5.70. The molecule has 2 aromatic rings. The van der Waals surface area contributed by atoms with Crippen molar-refractivity contribution in [2.24, 2.45) is 0 Å². The van der Waals surface area contributed by atoms with Crippen LogP contribution in [0.4, 0.5) is 0 Å². The molecule has 6 nitrogen and oxygen atoms in total. The van der Waals surface area contributed by atoms with Gasteiger partial charge in [-0.15, -0.1) is 0 Å². The molecule has 0 aliphatic carbocycles. The second-order valence-corrected chi connectivity index (χ2v) is 4.04. The molecule has 2 aromatic heterocycles. The van der Waals surface area contributed by atoms with E-state index in [0.717, 1.165) is 17.0 Å². The second kappa shape index (κ2) is 4.95. The highest BCUT2D eigenvalue weighted by Crippen LogP contribution is 2.14. The van der Waals surface area contributed by atoms with Crippen LogP contribution in [0.2, 0.25) is 0 Å². The summed E-state index contributed by atoms with van der Waals surface area (Å²) in [5, 5.41) is 13.2. The van der Waals surface area contributed by atoms with E-state index < -0.39 is 5.97 Å². The summed E-state index contributed by atoms with van der Waals surface area (Å²) in [6, 6.07) is 1.75. The molecule has 2 rings (SSSR count). The molecule has 1 N–H and O–H groups in total. The number of aryl methyl sites for hydroxylation is 1. The van der Waals surface area contributed by atoms with E-state index in [1.165, 1.54) is 0 Å². The molecule has 0 atom stereocenters. The summed E-state index contributed by atoms with van der Waals surface area (Å²) in [4.78, 5) is 19.0. The van der Waals surface area contributed by atoms with Gasteiger partial charge in [-0.1, -0.05) is 0 Å². The fourth-order valence-electron chi connectivity index (χ4n) is 1.84. The molecule has 0 unspecified atom stereocenters. The molecule has 0 saturated heterocycles. The molecule has 0 aromatic carbocycles. The number of carbonyl (C=O) groups is 1. The minimum Gasteiger partial charge on any atom is -0.481 e. The van der Waals surface area contributed by atoms with Crippen molar-refractivity contribution in [1.82, 2.24) is 19.7 Å². The van der Waals surface area contributed by atoms with E-state index in [-0.39, 0.29) is 6.42 Å². The topological polar surface area (TPSA) is 80.9 Å². The third-order valence-electron chi connectivity index (χ3n) is 2.77. The van der Waals surface area contributed by atoms with Gasteiger partial charge in [0.05, 0.1) is 12.1 Å². The maximum atomic E-state index is 10.8. The predicted octanol–water partition coefficient (Wildman–Crippen LogP) is 0.965. The monoisotopic (exact) mass is 246 g/mol. The Morgan fingerprint density at radius 1 is 1.33 bits per heavy atom. The van der Waals surface area contributed by atoms with E-state index >= 15 is 0 Å². The van der Waals surface area contributed by atoms with Crippen molar-refractivity contribution in [1.29, 1.82) is 0 Å². The Balaban J connectivity index is 2.27. The van der Waals surface area contributed by atoms with Crippen molar-refractivity contribution in [3.63, 3.8) is 0 Å². The highest BCUT2D eigenvalue weighted by Gasteiger charge is 2.14. The zero-order chi connectivity index (χ0) is 13.1. The van der Waals surface area contributed by atoms with Crippen LogP contribution in [0, 0.1) is 13.8 Å². The van der Waals surface area contributed by atoms with E-state index in [9.17, 15) is 4.79 Å². The summed E-state index contributed by atoms with van der Waals surface area (Å²) in [7, 11) is 0. The fourth-order valence-corrected chi connectivity index (χ4v) is 1.84. The summed E-state index contributed by atoms with van der Waals surface area (Å²) in [6.45, 7) is 4.13. The van der Waals surface area contributed by atoms with Crippen molar-refractivity contribution in [3.05, 3.63) is 41.2 Å². The average molecular weight is 246 g/mol. The molecule has 6 heteroatoms. The molecule has 0 aliphatic rings. The molecular weight excluding hydrogens is 232 g/mol. The lowest BCUT2D eigenvalue weighted by Crippen LogP contribution is -2.08. The molecule has 0 aliphatic heterocycles. The Labute approximate surface area is 104 Å². The summed E-state index contributed by atoms with van der Waals surface area (Å²) in [6.07, 6.45) is 3.34. The van der Waals surface area contributed by atoms with Gasteiger partial charge in [0.1, 0.15) is 12.4 Å². The number of hydrogen-bond acceptors (Lipinski definition) is 4. The first-order valence-corrected chi connectivity index (χ1v) is 5.58. The van der Waals surface area contributed by atoms with E-state index in [1.807, 2.05) is 13.8 Å². The van der Waals surface area contributed by atoms with Gasteiger partial charge in [-0.2, -0.15) is 5.10 Å². The number of carboxylic acids is 1. The number of hydrogen-bond donors (Lipinski definition) is 1. The summed E-state index contributed by atoms with van der Waals surface area (Å²) in [5.41, 5.74) is 2.35. The second-order valence-electron chi connectivity index (χ2n) is 4.04. The van der Waals surface area contributed by atoms with Gasteiger partial charge in [0.15, 0.2) is 0 Å². The Hall–Kier alpha value is -2.24. The zero-order valence-electron chi connectivity index (χ0n) is 10.3. The molecule has 94 valence electrons. The minimum atomic E-state index is -0.850. The minimum absolute atomic E-state index is 0.00663. The molecule has 0 radical (unpaired) electrons. The standard InChI is InChI=1S/C12H14N4O2/c1-8-10(6-12(17)18)9(2)16(15-8)7-11-13-4-3-5-14-11/h3-5H,6-7H2,1-2H3,(H,17,18). The number of aliphatic carboxylic acids is 1. The third-order valence-corrected chi connectivity index (χ3v) is 2.77. The van der Waals surface area contributed by atoms with Crippen molar-refractivity contribution < 1.29 is 9.90 Å². The summed E-state index contributed by atoms with van der Waals surface area (Å²) >= 11 is 0. The largest absolute Gasteiger partial charge is 0.481 e. The van der Waals surface area contributed by atoms with Crippen LogP contribution in [0.15, 0.2) is 18.5 Å². The van der Waals surface area contributed by atoms with Gasteiger partial charge >= 0.3 is 5.97 Å². The SMILES string of the molecule is Cc1nn(Cc2ncccn2)c(C)c1CC(=O)O. The lowest BCUT2D eigenvalue weighted by atomic mass is 10.1. The number of nitrogens with zero attached hydrogens (tertiary/aromatic N) is 4.